The number of aliphatic carboxylic acids is 1. The summed E-state index contributed by atoms with van der Waals surface area (Å²) in [7, 11) is 1.42. The number of methoxy groups -OCH3 is 1. The number of hydrogen-bond donors (Lipinski definition) is 4. The van der Waals surface area contributed by atoms with Crippen molar-refractivity contribution in [2.45, 2.75) is 18.6 Å². The molecule has 2 unspecified atom stereocenters. The number of hydrogen-bond acceptors (Lipinski definition) is 5. The fraction of sp³-hybridized carbons (Fsp3) is 0.286. The molecule has 0 aliphatic rings. The third kappa shape index (κ3) is 4.90. The Labute approximate surface area is 121 Å². The summed E-state index contributed by atoms with van der Waals surface area (Å²) >= 11 is 0. The van der Waals surface area contributed by atoms with Crippen LogP contribution in [-0.4, -0.2) is 40.4 Å². The van der Waals surface area contributed by atoms with E-state index in [0.29, 0.717) is 16.9 Å². The van der Waals surface area contributed by atoms with Gasteiger partial charge in [0.1, 0.15) is 11.9 Å². The molecule has 5 N–H and O–H groups in total. The molecule has 0 fully saturated rings. The van der Waals surface area contributed by atoms with Crippen LogP contribution in [0.1, 0.15) is 23.7 Å². The molecule has 0 saturated heterocycles. The Morgan fingerprint density at radius 1 is 1.38 bits per heavy atom. The molecule has 0 aromatic heterocycles. The van der Waals surface area contributed by atoms with Gasteiger partial charge >= 0.3 is 5.97 Å². The maximum absolute atomic E-state index is 10.7. The van der Waals surface area contributed by atoms with Gasteiger partial charge in [-0.3, -0.25) is 4.79 Å². The molecule has 0 aliphatic heterocycles. The van der Waals surface area contributed by atoms with Crippen molar-refractivity contribution < 1.29 is 29.6 Å². The average Bonchev–Trinajstić information content (AvgIpc) is 2.43. The first-order chi connectivity index (χ1) is 9.85. The van der Waals surface area contributed by atoms with Crippen LogP contribution >= 0.6 is 0 Å². The highest BCUT2D eigenvalue weighted by molar-refractivity contribution is 5.86. The van der Waals surface area contributed by atoms with E-state index in [2.05, 4.69) is 0 Å². The lowest BCUT2D eigenvalue weighted by Gasteiger charge is -2.18. The summed E-state index contributed by atoms with van der Waals surface area (Å²) in [5, 5.41) is 28.3. The SMILES string of the molecule is COc1ccc(C(O)C(O)CC(N)=O)cc1/C=C/C(=O)O. The lowest BCUT2D eigenvalue weighted by atomic mass is 9.99. The fourth-order valence-corrected chi connectivity index (χ4v) is 1.77. The smallest absolute Gasteiger partial charge is 0.328 e. The maximum Gasteiger partial charge on any atom is 0.328 e. The van der Waals surface area contributed by atoms with Crippen LogP contribution in [0.2, 0.25) is 0 Å². The molecule has 1 aromatic rings. The molecule has 21 heavy (non-hydrogen) atoms. The minimum Gasteiger partial charge on any atom is -0.496 e. The predicted molar refractivity (Wildman–Crippen MR) is 74.4 cm³/mol. The van der Waals surface area contributed by atoms with Crippen LogP contribution in [0, 0.1) is 0 Å². The van der Waals surface area contributed by atoms with E-state index >= 15 is 0 Å². The Bertz CT molecular complexity index is 554. The summed E-state index contributed by atoms with van der Waals surface area (Å²) in [5.74, 6) is -1.45. The van der Waals surface area contributed by atoms with E-state index in [9.17, 15) is 19.8 Å². The van der Waals surface area contributed by atoms with E-state index in [1.807, 2.05) is 0 Å². The normalized spacial score (nSPS) is 13.9. The minimum absolute atomic E-state index is 0.314. The third-order valence-corrected chi connectivity index (χ3v) is 2.78. The molecule has 0 bridgehead atoms. The van der Waals surface area contributed by atoms with Crippen LogP contribution in [-0.2, 0) is 9.59 Å². The molecule has 0 spiro atoms. The van der Waals surface area contributed by atoms with Gasteiger partial charge in [-0.15, -0.1) is 0 Å². The van der Waals surface area contributed by atoms with E-state index < -0.39 is 24.1 Å². The van der Waals surface area contributed by atoms with Crippen molar-refractivity contribution in [3.8, 4) is 5.75 Å². The first kappa shape index (κ1) is 16.7. The zero-order valence-electron chi connectivity index (χ0n) is 11.4. The molecule has 1 rings (SSSR count). The molecule has 0 radical (unpaired) electrons. The third-order valence-electron chi connectivity index (χ3n) is 2.78. The van der Waals surface area contributed by atoms with Crippen molar-refractivity contribution in [1.29, 1.82) is 0 Å². The highest BCUT2D eigenvalue weighted by Gasteiger charge is 2.21. The molecule has 0 saturated carbocycles. The van der Waals surface area contributed by atoms with Gasteiger partial charge in [-0.2, -0.15) is 0 Å². The van der Waals surface area contributed by atoms with Crippen LogP contribution < -0.4 is 10.5 Å². The van der Waals surface area contributed by atoms with Gasteiger partial charge < -0.3 is 25.8 Å². The van der Waals surface area contributed by atoms with E-state index in [-0.39, 0.29) is 6.42 Å². The Hall–Kier alpha value is -2.38. The second-order valence-corrected chi connectivity index (χ2v) is 4.36. The quantitative estimate of drug-likeness (QED) is 0.526. The molecule has 1 amide bonds. The second kappa shape index (κ2) is 7.41. The lowest BCUT2D eigenvalue weighted by molar-refractivity contribution is -0.131. The van der Waals surface area contributed by atoms with E-state index in [1.165, 1.54) is 31.4 Å². The van der Waals surface area contributed by atoms with Crippen molar-refractivity contribution in [1.82, 2.24) is 0 Å². The topological polar surface area (TPSA) is 130 Å². The van der Waals surface area contributed by atoms with Gasteiger partial charge in [0.15, 0.2) is 0 Å². The highest BCUT2D eigenvalue weighted by atomic mass is 16.5. The average molecular weight is 295 g/mol. The van der Waals surface area contributed by atoms with Gasteiger partial charge in [0.2, 0.25) is 5.91 Å². The fourth-order valence-electron chi connectivity index (χ4n) is 1.77. The first-order valence-electron chi connectivity index (χ1n) is 6.08. The summed E-state index contributed by atoms with van der Waals surface area (Å²) in [6, 6.07) is 4.50. The van der Waals surface area contributed by atoms with E-state index in [4.69, 9.17) is 15.6 Å². The van der Waals surface area contributed by atoms with Gasteiger partial charge in [0.05, 0.1) is 19.6 Å². The van der Waals surface area contributed by atoms with Crippen LogP contribution in [0.15, 0.2) is 24.3 Å². The van der Waals surface area contributed by atoms with Gasteiger partial charge in [-0.05, 0) is 23.8 Å². The number of primary amides is 1. The number of amides is 1. The van der Waals surface area contributed by atoms with Gasteiger partial charge in [-0.1, -0.05) is 6.07 Å². The molecule has 7 heteroatoms. The Balaban J connectivity index is 3.06. The summed E-state index contributed by atoms with van der Waals surface area (Å²) in [4.78, 5) is 21.3. The van der Waals surface area contributed by atoms with E-state index in [0.717, 1.165) is 6.08 Å². The van der Waals surface area contributed by atoms with Crippen molar-refractivity contribution in [3.05, 3.63) is 35.4 Å². The maximum atomic E-state index is 10.7. The van der Waals surface area contributed by atoms with Gasteiger partial charge in [0, 0.05) is 11.6 Å². The number of carbonyl (C=O) groups is 2. The largest absolute Gasteiger partial charge is 0.496 e. The molecule has 1 aromatic carbocycles. The molecule has 0 aliphatic carbocycles. The lowest BCUT2D eigenvalue weighted by Crippen LogP contribution is -2.25. The molecule has 114 valence electrons. The van der Waals surface area contributed by atoms with Crippen LogP contribution in [0.5, 0.6) is 5.75 Å². The van der Waals surface area contributed by atoms with E-state index in [1.54, 1.807) is 0 Å². The summed E-state index contributed by atoms with van der Waals surface area (Å²) in [5.41, 5.74) is 5.69. The zero-order chi connectivity index (χ0) is 16.0. The number of carboxylic acid groups (broad SMARTS) is 1. The molecular weight excluding hydrogens is 278 g/mol. The summed E-state index contributed by atoms with van der Waals surface area (Å²) < 4.78 is 5.07. The highest BCUT2D eigenvalue weighted by Crippen LogP contribution is 2.26. The van der Waals surface area contributed by atoms with Crippen LogP contribution in [0.3, 0.4) is 0 Å². The van der Waals surface area contributed by atoms with Crippen LogP contribution in [0.4, 0.5) is 0 Å². The van der Waals surface area contributed by atoms with Crippen molar-refractivity contribution in [2.24, 2.45) is 5.73 Å². The summed E-state index contributed by atoms with van der Waals surface area (Å²) in [6.45, 7) is 0. The molecular formula is C14H17NO6. The number of ether oxygens (including phenoxy) is 1. The number of carboxylic acids is 1. The predicted octanol–water partition coefficient (Wildman–Crippen LogP) is 0.0627. The Morgan fingerprint density at radius 2 is 2.05 bits per heavy atom. The standard InChI is InChI=1S/C14H17NO6/c1-21-11-4-2-9(6-8(11)3-5-13(18)19)14(20)10(16)7-12(15)17/h2-6,10,14,16,20H,7H2,1H3,(H2,15,17)(H,18,19)/b5-3+. The number of carbonyl (C=O) groups excluding carboxylic acids is 1. The zero-order valence-corrected chi connectivity index (χ0v) is 11.4. The number of rotatable bonds is 7. The number of aliphatic hydroxyl groups is 2. The minimum atomic E-state index is -1.34. The van der Waals surface area contributed by atoms with Crippen molar-refractivity contribution in [3.63, 3.8) is 0 Å². The van der Waals surface area contributed by atoms with Gasteiger partial charge in [-0.25, -0.2) is 4.79 Å². The van der Waals surface area contributed by atoms with Crippen LogP contribution in [0.25, 0.3) is 6.08 Å². The number of benzene rings is 1. The monoisotopic (exact) mass is 295 g/mol. The molecule has 0 heterocycles. The second-order valence-electron chi connectivity index (χ2n) is 4.36. The molecule has 7 nitrogen and oxygen atoms in total. The molecule has 2 atom stereocenters. The van der Waals surface area contributed by atoms with Crippen molar-refractivity contribution in [2.75, 3.05) is 7.11 Å². The Morgan fingerprint density at radius 3 is 2.57 bits per heavy atom. The number of aliphatic hydroxyl groups excluding tert-OH is 2. The Kier molecular flexibility index (Phi) is 5.89. The van der Waals surface area contributed by atoms with Crippen molar-refractivity contribution >= 4 is 18.0 Å². The van der Waals surface area contributed by atoms with Gasteiger partial charge in [0.25, 0.3) is 0 Å². The summed E-state index contributed by atoms with van der Waals surface area (Å²) in [6.07, 6.45) is -0.813. The number of nitrogens with two attached hydrogens (primary N) is 1. The first-order valence-corrected chi connectivity index (χ1v) is 6.08.